The molecule has 4 nitrogen and oxygen atoms in total. The molecule has 2 saturated heterocycles. The first-order valence-electron chi connectivity index (χ1n) is 11.0. The normalized spacial score (nSPS) is 34.4. The molecular formula is C25H29BrN4. The highest BCUT2D eigenvalue weighted by molar-refractivity contribution is 9.10. The van der Waals surface area contributed by atoms with E-state index in [1.54, 1.807) is 0 Å². The second-order valence-corrected chi connectivity index (χ2v) is 10.3. The van der Waals surface area contributed by atoms with Crippen LogP contribution in [0.4, 0.5) is 11.4 Å². The Labute approximate surface area is 187 Å². The van der Waals surface area contributed by atoms with Crippen molar-refractivity contribution in [3.63, 3.8) is 0 Å². The summed E-state index contributed by atoms with van der Waals surface area (Å²) in [7, 11) is 4.59. The van der Waals surface area contributed by atoms with Crippen molar-refractivity contribution in [2.75, 3.05) is 43.9 Å². The Morgan fingerprint density at radius 2 is 1.77 bits per heavy atom. The number of benzene rings is 2. The number of halogens is 1. The molecule has 2 aromatic rings. The maximum atomic E-state index is 4.09. The number of rotatable bonds is 3. The first-order valence-corrected chi connectivity index (χ1v) is 11.8. The molecule has 2 aromatic carbocycles. The first kappa shape index (κ1) is 18.9. The molecule has 6 rings (SSSR count). The van der Waals surface area contributed by atoms with E-state index in [1.807, 2.05) is 0 Å². The quantitative estimate of drug-likeness (QED) is 0.680. The van der Waals surface area contributed by atoms with E-state index in [0.29, 0.717) is 12.3 Å². The molecule has 4 atom stereocenters. The van der Waals surface area contributed by atoms with Crippen molar-refractivity contribution in [1.82, 2.24) is 9.80 Å². The Morgan fingerprint density at radius 3 is 2.60 bits per heavy atom. The van der Waals surface area contributed by atoms with E-state index >= 15 is 0 Å². The van der Waals surface area contributed by atoms with Gasteiger partial charge in [0, 0.05) is 40.6 Å². The third-order valence-corrected chi connectivity index (χ3v) is 9.03. The first-order chi connectivity index (χ1) is 14.6. The Kier molecular flexibility index (Phi) is 4.00. The topological polar surface area (TPSA) is 21.8 Å². The van der Waals surface area contributed by atoms with Crippen LogP contribution in [0.5, 0.6) is 0 Å². The summed E-state index contributed by atoms with van der Waals surface area (Å²) in [4.78, 5) is 7.73. The van der Waals surface area contributed by atoms with Gasteiger partial charge in [0.2, 0.25) is 0 Å². The molecule has 1 N–H and O–H groups in total. The van der Waals surface area contributed by atoms with Crippen LogP contribution >= 0.6 is 15.9 Å². The molecule has 4 aliphatic heterocycles. The predicted octanol–water partition coefficient (Wildman–Crippen LogP) is 4.38. The summed E-state index contributed by atoms with van der Waals surface area (Å²) in [5.41, 5.74) is 5.76. The van der Waals surface area contributed by atoms with Crippen molar-refractivity contribution >= 4 is 27.3 Å². The van der Waals surface area contributed by atoms with E-state index < -0.39 is 0 Å². The summed E-state index contributed by atoms with van der Waals surface area (Å²) < 4.78 is 1.18. The SMILES string of the molecule is C=CCN1c2ccccc2[C@@]2([C@@]34CCN(C)[C@@H]3Nc3c(Br)cccc34)CCN(C)[C@@H]12. The van der Waals surface area contributed by atoms with Gasteiger partial charge in [-0.05, 0) is 66.1 Å². The van der Waals surface area contributed by atoms with Crippen LogP contribution in [0.15, 0.2) is 59.6 Å². The van der Waals surface area contributed by atoms with Gasteiger partial charge in [0.25, 0.3) is 0 Å². The predicted molar refractivity (Wildman–Crippen MR) is 127 cm³/mol. The van der Waals surface area contributed by atoms with Crippen LogP contribution < -0.4 is 10.2 Å². The number of likely N-dealkylation sites (N-methyl/N-ethyl adjacent to an activating group) is 2. The minimum atomic E-state index is 0.0301. The highest BCUT2D eigenvalue weighted by atomic mass is 79.9. The Morgan fingerprint density at radius 1 is 1.03 bits per heavy atom. The fraction of sp³-hybridized carbons (Fsp3) is 0.440. The zero-order valence-electron chi connectivity index (χ0n) is 17.7. The molecule has 2 fully saturated rings. The molecule has 0 saturated carbocycles. The van der Waals surface area contributed by atoms with Crippen LogP contribution in [0.25, 0.3) is 0 Å². The third-order valence-electron chi connectivity index (χ3n) is 8.37. The Hall–Kier alpha value is -1.82. The number of para-hydroxylation sites is 2. The lowest BCUT2D eigenvalue weighted by atomic mass is 9.55. The van der Waals surface area contributed by atoms with Crippen LogP contribution in [-0.4, -0.2) is 55.9 Å². The Bertz CT molecular complexity index is 1040. The molecule has 4 heterocycles. The van der Waals surface area contributed by atoms with Crippen molar-refractivity contribution < 1.29 is 0 Å². The molecule has 0 unspecified atom stereocenters. The van der Waals surface area contributed by atoms with Crippen LogP contribution in [0, 0.1) is 0 Å². The third kappa shape index (κ3) is 2.00. The number of nitrogens with zero attached hydrogens (tertiary/aromatic N) is 3. The monoisotopic (exact) mass is 464 g/mol. The second-order valence-electron chi connectivity index (χ2n) is 9.45. The summed E-state index contributed by atoms with van der Waals surface area (Å²) in [5.74, 6) is 0. The highest BCUT2D eigenvalue weighted by Crippen LogP contribution is 2.67. The number of hydrogen-bond donors (Lipinski definition) is 1. The van der Waals surface area contributed by atoms with Crippen LogP contribution in [0.2, 0.25) is 0 Å². The van der Waals surface area contributed by atoms with Gasteiger partial charge < -0.3 is 10.2 Å². The number of likely N-dealkylation sites (tertiary alicyclic amines) is 2. The maximum absolute atomic E-state index is 4.09. The van der Waals surface area contributed by atoms with Gasteiger partial charge in [-0.2, -0.15) is 0 Å². The molecule has 30 heavy (non-hydrogen) atoms. The van der Waals surface area contributed by atoms with Crippen LogP contribution in [0.1, 0.15) is 24.0 Å². The average molecular weight is 465 g/mol. The van der Waals surface area contributed by atoms with Crippen molar-refractivity contribution in [2.24, 2.45) is 0 Å². The smallest absolute Gasteiger partial charge is 0.0931 e. The number of fused-ring (bicyclic) bond motifs is 7. The minimum absolute atomic E-state index is 0.0301. The molecular weight excluding hydrogens is 436 g/mol. The number of nitrogens with one attached hydrogen (secondary N) is 1. The minimum Gasteiger partial charge on any atom is -0.368 e. The zero-order chi connectivity index (χ0) is 20.7. The lowest BCUT2D eigenvalue weighted by molar-refractivity contribution is 0.135. The van der Waals surface area contributed by atoms with Crippen LogP contribution in [-0.2, 0) is 10.8 Å². The fourth-order valence-electron chi connectivity index (χ4n) is 7.42. The van der Waals surface area contributed by atoms with Crippen LogP contribution in [0.3, 0.4) is 0 Å². The van der Waals surface area contributed by atoms with Gasteiger partial charge in [-0.15, -0.1) is 6.58 Å². The summed E-state index contributed by atoms with van der Waals surface area (Å²) >= 11 is 3.84. The number of hydrogen-bond acceptors (Lipinski definition) is 4. The van der Waals surface area contributed by atoms with Gasteiger partial charge in [-0.1, -0.05) is 36.4 Å². The highest BCUT2D eigenvalue weighted by Gasteiger charge is 2.72. The van der Waals surface area contributed by atoms with Crippen molar-refractivity contribution in [3.05, 3.63) is 70.7 Å². The lowest BCUT2D eigenvalue weighted by Gasteiger charge is -2.49. The van der Waals surface area contributed by atoms with Gasteiger partial charge >= 0.3 is 0 Å². The lowest BCUT2D eigenvalue weighted by Crippen LogP contribution is -2.61. The standard InChI is InChI=1S/C25H29BrN4/c1-4-14-30-20-11-6-5-8-17(20)25(13-16-29(3)23(25)30)24-12-15-28(2)22(24)27-21-18(24)9-7-10-19(21)26/h4-11,22-23,27H,1,12-16H2,2-3H3/t22-,23-,24+,25-/m0/s1. The summed E-state index contributed by atoms with van der Waals surface area (Å²) in [6.45, 7) is 7.21. The average Bonchev–Trinajstić information content (AvgIpc) is 3.44. The molecule has 0 amide bonds. The molecule has 156 valence electrons. The molecule has 5 heteroatoms. The van der Waals surface area contributed by atoms with E-state index in [0.717, 1.165) is 19.6 Å². The van der Waals surface area contributed by atoms with E-state index in [9.17, 15) is 0 Å². The largest absolute Gasteiger partial charge is 0.368 e. The Balaban J connectivity index is 1.68. The second kappa shape index (κ2) is 6.35. The zero-order valence-corrected chi connectivity index (χ0v) is 19.3. The summed E-state index contributed by atoms with van der Waals surface area (Å²) in [5, 5.41) is 3.95. The maximum Gasteiger partial charge on any atom is 0.0931 e. The van der Waals surface area contributed by atoms with Gasteiger partial charge in [0.1, 0.15) is 0 Å². The van der Waals surface area contributed by atoms with Crippen molar-refractivity contribution in [1.29, 1.82) is 0 Å². The molecule has 4 aliphatic rings. The molecule has 0 aliphatic carbocycles. The van der Waals surface area contributed by atoms with Crippen molar-refractivity contribution in [3.8, 4) is 0 Å². The van der Waals surface area contributed by atoms with E-state index in [2.05, 4.69) is 105 Å². The van der Waals surface area contributed by atoms with E-state index in [4.69, 9.17) is 0 Å². The van der Waals surface area contributed by atoms with Crippen molar-refractivity contribution in [2.45, 2.75) is 36.0 Å². The number of anilines is 2. The molecule has 0 spiro atoms. The van der Waals surface area contributed by atoms with Gasteiger partial charge in [0.15, 0.2) is 0 Å². The summed E-state index contributed by atoms with van der Waals surface area (Å²) in [6.07, 6.45) is 5.06. The van der Waals surface area contributed by atoms with Gasteiger partial charge in [-0.3, -0.25) is 9.80 Å². The molecule has 0 radical (unpaired) electrons. The fourth-order valence-corrected chi connectivity index (χ4v) is 7.90. The van der Waals surface area contributed by atoms with E-state index in [-0.39, 0.29) is 10.8 Å². The molecule has 0 aromatic heterocycles. The molecule has 0 bridgehead atoms. The van der Waals surface area contributed by atoms with E-state index in [1.165, 1.54) is 39.8 Å². The van der Waals surface area contributed by atoms with Gasteiger partial charge in [-0.25, -0.2) is 0 Å². The van der Waals surface area contributed by atoms with Gasteiger partial charge in [0.05, 0.1) is 18.0 Å². The summed E-state index contributed by atoms with van der Waals surface area (Å²) in [6, 6.07) is 15.9.